The number of benzene rings is 2. The van der Waals surface area contributed by atoms with E-state index < -0.39 is 9.84 Å². The van der Waals surface area contributed by atoms with E-state index in [1.165, 1.54) is 5.56 Å². The highest BCUT2D eigenvalue weighted by atomic mass is 35.5. The van der Waals surface area contributed by atoms with Crippen LogP contribution >= 0.6 is 11.6 Å². The average Bonchev–Trinajstić information content (AvgIpc) is 2.95. The van der Waals surface area contributed by atoms with E-state index in [1.807, 2.05) is 41.3 Å². The van der Waals surface area contributed by atoms with Gasteiger partial charge < -0.3 is 4.90 Å². The molecule has 2 aromatic carbocycles. The zero-order valence-electron chi connectivity index (χ0n) is 14.8. The predicted molar refractivity (Wildman–Crippen MR) is 107 cm³/mol. The van der Waals surface area contributed by atoms with Crippen molar-refractivity contribution in [3.63, 3.8) is 0 Å². The lowest BCUT2D eigenvalue weighted by molar-refractivity contribution is -0.123. The quantitative estimate of drug-likeness (QED) is 0.785. The molecular formula is C20H21ClN2O3S. The lowest BCUT2D eigenvalue weighted by atomic mass is 10.0. The van der Waals surface area contributed by atoms with Crippen molar-refractivity contribution in [2.75, 3.05) is 29.5 Å². The minimum Gasteiger partial charge on any atom is -0.306 e. The van der Waals surface area contributed by atoms with Gasteiger partial charge in [-0.05, 0) is 30.2 Å². The summed E-state index contributed by atoms with van der Waals surface area (Å²) in [6, 6.07) is 16.5. The summed E-state index contributed by atoms with van der Waals surface area (Å²) in [5.41, 5.74) is 1.85. The van der Waals surface area contributed by atoms with Crippen LogP contribution in [0.2, 0.25) is 5.02 Å². The number of sulfone groups is 1. The zero-order chi connectivity index (χ0) is 19.0. The molecule has 0 bridgehead atoms. The number of carbonyl (C=O) groups excluding carboxylic acids is 1. The van der Waals surface area contributed by atoms with Crippen molar-refractivity contribution >= 4 is 33.0 Å². The van der Waals surface area contributed by atoms with Crippen LogP contribution < -0.4 is 4.90 Å². The number of nitrogens with zero attached hydrogens (tertiary/aromatic N) is 2. The highest BCUT2D eigenvalue weighted by molar-refractivity contribution is 7.91. The summed E-state index contributed by atoms with van der Waals surface area (Å²) in [5.74, 6) is 0.0119. The molecular weight excluding hydrogens is 384 g/mol. The van der Waals surface area contributed by atoms with Crippen LogP contribution in [0.15, 0.2) is 54.6 Å². The molecule has 2 heterocycles. The number of fused-ring (bicyclic) bond motifs is 1. The van der Waals surface area contributed by atoms with Crippen LogP contribution in [0.4, 0.5) is 5.69 Å². The first kappa shape index (κ1) is 18.5. The van der Waals surface area contributed by atoms with Crippen LogP contribution in [-0.2, 0) is 21.1 Å². The summed E-state index contributed by atoms with van der Waals surface area (Å²) in [4.78, 5) is 16.6. The Morgan fingerprint density at radius 2 is 1.74 bits per heavy atom. The van der Waals surface area contributed by atoms with Crippen molar-refractivity contribution in [3.8, 4) is 0 Å². The van der Waals surface area contributed by atoms with E-state index in [9.17, 15) is 13.2 Å². The highest BCUT2D eigenvalue weighted by Crippen LogP contribution is 2.32. The Hall–Kier alpha value is -1.89. The van der Waals surface area contributed by atoms with E-state index in [0.717, 1.165) is 6.42 Å². The zero-order valence-corrected chi connectivity index (χ0v) is 16.4. The van der Waals surface area contributed by atoms with Gasteiger partial charge in [-0.2, -0.15) is 0 Å². The molecule has 5 nitrogen and oxygen atoms in total. The Morgan fingerprint density at radius 3 is 2.48 bits per heavy atom. The van der Waals surface area contributed by atoms with Crippen LogP contribution in [0.25, 0.3) is 0 Å². The first-order valence-corrected chi connectivity index (χ1v) is 11.2. The van der Waals surface area contributed by atoms with E-state index in [-0.39, 0.29) is 36.0 Å². The molecule has 27 heavy (non-hydrogen) atoms. The molecule has 1 amide bonds. The van der Waals surface area contributed by atoms with Crippen LogP contribution in [0.5, 0.6) is 0 Å². The normalized spacial score (nSPS) is 24.8. The van der Waals surface area contributed by atoms with Gasteiger partial charge in [-0.25, -0.2) is 8.42 Å². The van der Waals surface area contributed by atoms with Crippen LogP contribution in [-0.4, -0.2) is 55.9 Å². The smallest absolute Gasteiger partial charge is 0.241 e. The third kappa shape index (κ3) is 3.88. The number of hydrogen-bond donors (Lipinski definition) is 0. The fourth-order valence-electron chi connectivity index (χ4n) is 4.08. The Kier molecular flexibility index (Phi) is 4.97. The number of hydrogen-bond acceptors (Lipinski definition) is 4. The second-order valence-corrected chi connectivity index (χ2v) is 9.75. The maximum Gasteiger partial charge on any atom is 0.241 e. The molecule has 142 valence electrons. The lowest BCUT2D eigenvalue weighted by Gasteiger charge is -2.43. The fourth-order valence-corrected chi connectivity index (χ4v) is 6.25. The number of amides is 1. The summed E-state index contributed by atoms with van der Waals surface area (Å²) in [6.07, 6.45) is 0.786. The van der Waals surface area contributed by atoms with Crippen LogP contribution in [0.3, 0.4) is 0 Å². The molecule has 2 aromatic rings. The number of halogens is 1. The van der Waals surface area contributed by atoms with Gasteiger partial charge in [0.05, 0.1) is 24.1 Å². The number of anilines is 1. The molecule has 4 rings (SSSR count). The fraction of sp³-hybridized carbons (Fsp3) is 0.350. The van der Waals surface area contributed by atoms with E-state index in [1.54, 1.807) is 23.1 Å². The maximum atomic E-state index is 12.9. The summed E-state index contributed by atoms with van der Waals surface area (Å²) in [7, 11) is -3.19. The standard InChI is InChI=1S/C20H21ClN2O3S/c21-16-7-4-8-17(11-16)23-19-14-27(25,26)13-18(19)22(12-20(23)24)10-9-15-5-2-1-3-6-15/h1-8,11,18-19H,9-10,12-14H2. The van der Waals surface area contributed by atoms with Crippen molar-refractivity contribution in [3.05, 3.63) is 65.2 Å². The van der Waals surface area contributed by atoms with Crippen molar-refractivity contribution in [2.24, 2.45) is 0 Å². The molecule has 0 spiro atoms. The van der Waals surface area contributed by atoms with E-state index in [0.29, 0.717) is 17.3 Å². The van der Waals surface area contributed by atoms with Crippen molar-refractivity contribution in [1.82, 2.24) is 4.90 Å². The van der Waals surface area contributed by atoms with Gasteiger partial charge in [0, 0.05) is 23.3 Å². The van der Waals surface area contributed by atoms with Gasteiger partial charge >= 0.3 is 0 Å². The van der Waals surface area contributed by atoms with Gasteiger partial charge in [-0.3, -0.25) is 9.69 Å². The molecule has 0 radical (unpaired) electrons. The first-order valence-electron chi connectivity index (χ1n) is 8.99. The molecule has 0 aliphatic carbocycles. The molecule has 2 aliphatic rings. The largest absolute Gasteiger partial charge is 0.306 e. The van der Waals surface area contributed by atoms with Gasteiger partial charge in [-0.15, -0.1) is 0 Å². The van der Waals surface area contributed by atoms with E-state index in [2.05, 4.69) is 0 Å². The van der Waals surface area contributed by atoms with Crippen molar-refractivity contribution in [2.45, 2.75) is 18.5 Å². The molecule has 2 atom stereocenters. The summed E-state index contributed by atoms with van der Waals surface area (Å²) >= 11 is 6.09. The Labute approximate surface area is 164 Å². The predicted octanol–water partition coefficient (Wildman–Crippen LogP) is 2.40. The van der Waals surface area contributed by atoms with Gasteiger partial charge in [0.2, 0.25) is 5.91 Å². The third-order valence-electron chi connectivity index (χ3n) is 5.32. The summed E-state index contributed by atoms with van der Waals surface area (Å²) < 4.78 is 24.8. The summed E-state index contributed by atoms with van der Waals surface area (Å²) in [5, 5.41) is 0.532. The molecule has 0 saturated carbocycles. The molecule has 0 aromatic heterocycles. The number of rotatable bonds is 4. The van der Waals surface area contributed by atoms with Gasteiger partial charge in [0.25, 0.3) is 0 Å². The third-order valence-corrected chi connectivity index (χ3v) is 7.25. The second-order valence-electron chi connectivity index (χ2n) is 7.16. The number of carbonyl (C=O) groups is 1. The van der Waals surface area contributed by atoms with Crippen molar-refractivity contribution in [1.29, 1.82) is 0 Å². The van der Waals surface area contributed by atoms with E-state index in [4.69, 9.17) is 11.6 Å². The first-order chi connectivity index (χ1) is 12.9. The Morgan fingerprint density at radius 1 is 1.00 bits per heavy atom. The molecule has 2 aliphatic heterocycles. The molecule has 7 heteroatoms. The van der Waals surface area contributed by atoms with Crippen molar-refractivity contribution < 1.29 is 13.2 Å². The monoisotopic (exact) mass is 404 g/mol. The van der Waals surface area contributed by atoms with Gasteiger partial charge in [0.15, 0.2) is 9.84 Å². The highest BCUT2D eigenvalue weighted by Gasteiger charge is 2.49. The molecule has 2 fully saturated rings. The number of piperazine rings is 1. The molecule has 2 saturated heterocycles. The molecule has 0 N–H and O–H groups in total. The minimum atomic E-state index is -3.19. The maximum absolute atomic E-state index is 12.9. The summed E-state index contributed by atoms with van der Waals surface area (Å²) in [6.45, 7) is 0.881. The van der Waals surface area contributed by atoms with Gasteiger partial charge in [0.1, 0.15) is 0 Å². The lowest BCUT2D eigenvalue weighted by Crippen LogP contribution is -2.62. The van der Waals surface area contributed by atoms with Crippen LogP contribution in [0, 0.1) is 0 Å². The average molecular weight is 405 g/mol. The Bertz CT molecular complexity index is 949. The second kappa shape index (κ2) is 7.26. The molecule has 2 unspecified atom stereocenters. The van der Waals surface area contributed by atoms with E-state index >= 15 is 0 Å². The SMILES string of the molecule is O=C1CN(CCc2ccccc2)C2CS(=O)(=O)CC2N1c1cccc(Cl)c1. The topological polar surface area (TPSA) is 57.7 Å². The van der Waals surface area contributed by atoms with Crippen LogP contribution in [0.1, 0.15) is 5.56 Å². The minimum absolute atomic E-state index is 0.00223. The Balaban J connectivity index is 1.60. The van der Waals surface area contributed by atoms with Gasteiger partial charge in [-0.1, -0.05) is 48.0 Å².